The first kappa shape index (κ1) is 17.6. The van der Waals surface area contributed by atoms with Crippen LogP contribution in [0.3, 0.4) is 0 Å². The molecule has 8 nitrogen and oxygen atoms in total. The molecule has 0 aromatic heterocycles. The molecule has 1 unspecified atom stereocenters. The van der Waals surface area contributed by atoms with Crippen molar-refractivity contribution in [2.24, 2.45) is 5.18 Å². The maximum atomic E-state index is 11.5. The zero-order chi connectivity index (χ0) is 15.3. The molecule has 0 fully saturated rings. The lowest BCUT2D eigenvalue weighted by Crippen LogP contribution is -2.37. The maximum absolute atomic E-state index is 11.5. The zero-order valence-electron chi connectivity index (χ0n) is 11.2. The first-order valence-electron chi connectivity index (χ1n) is 5.47. The van der Waals surface area contributed by atoms with Crippen molar-refractivity contribution < 1.29 is 26.9 Å². The number of hydrogen-bond donors (Lipinski definition) is 0. The first-order chi connectivity index (χ1) is 8.52. The van der Waals surface area contributed by atoms with Gasteiger partial charge in [0.2, 0.25) is 6.04 Å². The summed E-state index contributed by atoms with van der Waals surface area (Å²) in [6.07, 6.45) is 0. The minimum absolute atomic E-state index is 0.327. The molecule has 0 saturated carbocycles. The largest absolute Gasteiger partial charge is 0.458 e. The van der Waals surface area contributed by atoms with E-state index in [-0.39, 0.29) is 5.75 Å². The van der Waals surface area contributed by atoms with Crippen LogP contribution in [0.2, 0.25) is 0 Å². The second kappa shape index (κ2) is 6.71. The van der Waals surface area contributed by atoms with Gasteiger partial charge in [-0.1, -0.05) is 0 Å². The highest BCUT2D eigenvalue weighted by atomic mass is 32.2. The van der Waals surface area contributed by atoms with E-state index in [9.17, 15) is 22.9 Å². The van der Waals surface area contributed by atoms with E-state index in [1.807, 2.05) is 0 Å². The molecule has 0 bridgehead atoms. The van der Waals surface area contributed by atoms with Crippen molar-refractivity contribution in [1.82, 2.24) is 0 Å². The predicted molar refractivity (Wildman–Crippen MR) is 65.8 cm³/mol. The molecule has 0 aromatic rings. The number of ether oxygens (including phenoxy) is 1. The van der Waals surface area contributed by atoms with Gasteiger partial charge in [-0.3, -0.25) is 8.98 Å². The monoisotopic (exact) mass is 295 g/mol. The molecule has 0 N–H and O–H groups in total. The fourth-order valence-electron chi connectivity index (χ4n) is 0.901. The molecule has 110 valence electrons. The first-order valence-corrected chi connectivity index (χ1v) is 7.05. The summed E-state index contributed by atoms with van der Waals surface area (Å²) >= 11 is 0. The Morgan fingerprint density at radius 1 is 1.26 bits per heavy atom. The lowest BCUT2D eigenvalue weighted by Gasteiger charge is -2.20. The summed E-state index contributed by atoms with van der Waals surface area (Å²) in [7, 11) is -3.83. The minimum Gasteiger partial charge on any atom is -0.458 e. The number of Topliss-reactive ketones (excluding diaryl/α,β-unsaturated/α-hetero) is 1. The van der Waals surface area contributed by atoms with Crippen LogP contribution in [0.15, 0.2) is 5.18 Å². The van der Waals surface area contributed by atoms with Gasteiger partial charge in [0.1, 0.15) is 12.2 Å². The summed E-state index contributed by atoms with van der Waals surface area (Å²) in [6.45, 7) is 5.05. The number of hydrogen-bond acceptors (Lipinski definition) is 8. The highest BCUT2D eigenvalue weighted by molar-refractivity contribution is 7.86. The van der Waals surface area contributed by atoms with Crippen molar-refractivity contribution >= 4 is 21.9 Å². The summed E-state index contributed by atoms with van der Waals surface area (Å²) in [5.74, 6) is -2.53. The number of nitrogens with zero attached hydrogens (tertiary/aromatic N) is 1. The lowest BCUT2D eigenvalue weighted by atomic mass is 10.1. The van der Waals surface area contributed by atoms with Crippen molar-refractivity contribution in [3.05, 3.63) is 4.91 Å². The van der Waals surface area contributed by atoms with Gasteiger partial charge in [0.15, 0.2) is 5.78 Å². The van der Waals surface area contributed by atoms with Gasteiger partial charge in [0.25, 0.3) is 10.1 Å². The van der Waals surface area contributed by atoms with Gasteiger partial charge in [-0.2, -0.15) is 8.42 Å². The van der Waals surface area contributed by atoms with Gasteiger partial charge >= 0.3 is 5.97 Å². The lowest BCUT2D eigenvalue weighted by molar-refractivity contribution is -0.158. The predicted octanol–water partition coefficient (Wildman–Crippen LogP) is 0.398. The Kier molecular flexibility index (Phi) is 6.23. The summed E-state index contributed by atoms with van der Waals surface area (Å²) in [5, 5.41) is 2.35. The fraction of sp³-hybridized carbons (Fsp3) is 0.800. The maximum Gasteiger partial charge on any atom is 0.343 e. The van der Waals surface area contributed by atoms with Crippen LogP contribution < -0.4 is 0 Å². The van der Waals surface area contributed by atoms with Crippen LogP contribution in [0, 0.1) is 4.91 Å². The average molecular weight is 295 g/mol. The summed E-state index contributed by atoms with van der Waals surface area (Å²) in [6, 6.07) is -1.92. The molecule has 0 heterocycles. The van der Waals surface area contributed by atoms with Gasteiger partial charge in [-0.05, 0) is 32.9 Å². The number of nitroso groups, excluding NO2 is 1. The quantitative estimate of drug-likeness (QED) is 0.289. The third-order valence-electron chi connectivity index (χ3n) is 1.77. The van der Waals surface area contributed by atoms with Gasteiger partial charge in [-0.25, -0.2) is 4.79 Å². The van der Waals surface area contributed by atoms with Crippen LogP contribution in [0.5, 0.6) is 0 Å². The van der Waals surface area contributed by atoms with E-state index in [0.717, 1.165) is 0 Å². The molecule has 0 aliphatic rings. The smallest absolute Gasteiger partial charge is 0.343 e. The molecule has 0 amide bonds. The molecule has 0 saturated heterocycles. The molecule has 1 atom stereocenters. The molecule has 0 rings (SSSR count). The van der Waals surface area contributed by atoms with Crippen LogP contribution in [0.4, 0.5) is 0 Å². The summed E-state index contributed by atoms with van der Waals surface area (Å²) < 4.78 is 31.2. The van der Waals surface area contributed by atoms with Crippen molar-refractivity contribution in [1.29, 1.82) is 0 Å². The summed E-state index contributed by atoms with van der Waals surface area (Å²) in [4.78, 5) is 33.5. The SMILES string of the molecule is CCS(=O)(=O)OCC(=O)C(N=O)C(=O)OC(C)(C)C. The number of carbonyl (C=O) groups excluding carboxylic acids is 2. The van der Waals surface area contributed by atoms with Gasteiger partial charge in [0.05, 0.1) is 5.75 Å². The number of rotatable bonds is 7. The molecule has 9 heteroatoms. The number of carbonyl (C=O) groups is 2. The molecule has 0 aromatic carbocycles. The van der Waals surface area contributed by atoms with E-state index in [1.54, 1.807) is 20.8 Å². The van der Waals surface area contributed by atoms with E-state index in [0.29, 0.717) is 0 Å². The van der Waals surface area contributed by atoms with Crippen LogP contribution in [-0.2, 0) is 28.6 Å². The van der Waals surface area contributed by atoms with Crippen LogP contribution >= 0.6 is 0 Å². The Bertz CT molecular complexity index is 449. The zero-order valence-corrected chi connectivity index (χ0v) is 12.0. The summed E-state index contributed by atoms with van der Waals surface area (Å²) in [5.41, 5.74) is -0.892. The molecule has 0 aliphatic heterocycles. The van der Waals surface area contributed by atoms with Crippen LogP contribution in [-0.4, -0.2) is 44.2 Å². The van der Waals surface area contributed by atoms with E-state index >= 15 is 0 Å². The Morgan fingerprint density at radius 3 is 2.16 bits per heavy atom. The van der Waals surface area contributed by atoms with Crippen molar-refractivity contribution in [3.8, 4) is 0 Å². The van der Waals surface area contributed by atoms with Crippen LogP contribution in [0.25, 0.3) is 0 Å². The average Bonchev–Trinajstić information content (AvgIpc) is 2.25. The van der Waals surface area contributed by atoms with Gasteiger partial charge in [0, 0.05) is 0 Å². The van der Waals surface area contributed by atoms with E-state index in [2.05, 4.69) is 9.36 Å². The highest BCUT2D eigenvalue weighted by Crippen LogP contribution is 2.10. The molecule has 19 heavy (non-hydrogen) atoms. The highest BCUT2D eigenvalue weighted by Gasteiger charge is 2.33. The second-order valence-electron chi connectivity index (χ2n) is 4.62. The number of esters is 1. The normalized spacial score (nSPS) is 13.7. The van der Waals surface area contributed by atoms with Gasteiger partial charge < -0.3 is 4.74 Å². The van der Waals surface area contributed by atoms with Crippen molar-refractivity contribution in [2.45, 2.75) is 39.3 Å². The Labute approximate surface area is 111 Å². The van der Waals surface area contributed by atoms with E-state index in [4.69, 9.17) is 4.74 Å². The Hall–Kier alpha value is -1.35. The third-order valence-corrected chi connectivity index (χ3v) is 2.96. The second-order valence-corrected chi connectivity index (χ2v) is 6.54. The Balaban J connectivity index is 4.66. The number of ketones is 1. The van der Waals surface area contributed by atoms with E-state index < -0.39 is 40.1 Å². The molecular formula is C10H17NO7S. The molecule has 0 aliphatic carbocycles. The fourth-order valence-corrected chi connectivity index (χ4v) is 1.36. The van der Waals surface area contributed by atoms with Gasteiger partial charge in [-0.15, -0.1) is 4.91 Å². The molecular weight excluding hydrogens is 278 g/mol. The topological polar surface area (TPSA) is 116 Å². The standard InChI is InChI=1S/C10H17NO7S/c1-5-19(15,16)17-6-7(12)8(11-14)9(13)18-10(2,3)4/h8H,5-6H2,1-4H3. The third kappa shape index (κ3) is 6.97. The molecule has 0 spiro atoms. The van der Waals surface area contributed by atoms with Crippen LogP contribution in [0.1, 0.15) is 27.7 Å². The Morgan fingerprint density at radius 2 is 1.79 bits per heavy atom. The van der Waals surface area contributed by atoms with Crippen molar-refractivity contribution in [3.63, 3.8) is 0 Å². The molecule has 0 radical (unpaired) electrons. The van der Waals surface area contributed by atoms with Crippen molar-refractivity contribution in [2.75, 3.05) is 12.4 Å². The minimum atomic E-state index is -3.83. The van der Waals surface area contributed by atoms with E-state index in [1.165, 1.54) is 6.92 Å².